The van der Waals surface area contributed by atoms with Crippen molar-refractivity contribution in [3.8, 4) is 33.8 Å². The molecular weight excluding hydrogens is 794 g/mol. The van der Waals surface area contributed by atoms with Crippen molar-refractivity contribution >= 4 is 38.9 Å². The third-order valence-electron chi connectivity index (χ3n) is 9.60. The van der Waals surface area contributed by atoms with Crippen LogP contribution in [0.25, 0.3) is 55.6 Å². The van der Waals surface area contributed by atoms with Crippen LogP contribution in [0.5, 0.6) is 0 Å². The Labute approximate surface area is 307 Å². The van der Waals surface area contributed by atoms with Gasteiger partial charge in [-0.2, -0.15) is 23.9 Å². The minimum Gasteiger partial charge on any atom is -0.504 e. The molecule has 248 valence electrons. The minimum absolute atomic E-state index is 0. The van der Waals surface area contributed by atoms with Crippen LogP contribution in [0, 0.1) is 39.6 Å². The normalized spacial score (nSPS) is 12.5. The number of hydrogen-bond donors (Lipinski definition) is 0. The summed E-state index contributed by atoms with van der Waals surface area (Å²) >= 11 is 0. The Morgan fingerprint density at radius 3 is 2.14 bits per heavy atom. The first-order valence-electron chi connectivity index (χ1n) is 16.6. The maximum Gasteiger partial charge on any atom is 0.100 e. The fourth-order valence-corrected chi connectivity index (χ4v) is 7.53. The van der Waals surface area contributed by atoms with E-state index in [9.17, 15) is 0 Å². The number of para-hydroxylation sites is 3. The maximum absolute atomic E-state index is 5.24. The Hall–Kier alpha value is -5.38. The van der Waals surface area contributed by atoms with E-state index in [0.717, 1.165) is 56.0 Å². The van der Waals surface area contributed by atoms with Crippen LogP contribution in [0.1, 0.15) is 16.7 Å². The minimum atomic E-state index is 0. The van der Waals surface area contributed by atoms with Crippen molar-refractivity contribution in [1.29, 1.82) is 0 Å². The van der Waals surface area contributed by atoms with E-state index in [1.54, 1.807) is 0 Å². The summed E-state index contributed by atoms with van der Waals surface area (Å²) in [6, 6.07) is 50.2. The van der Waals surface area contributed by atoms with Crippen LogP contribution in [-0.4, -0.2) is 21.4 Å². The van der Waals surface area contributed by atoms with E-state index in [2.05, 4.69) is 182 Å². The standard InChI is InChI=1S/C44H34N5.Pt/c1-29-23-30(2)43(31(3)24-29)38-27-48(45-44(38)32-13-6-5-7-14-32)34-21-22-37-36-17-8-9-18-39(36)49(42(37)26-34)35-16-12-15-33(25-35)47-28-46(4)40-19-10-11-20-41(40)47;/h5-24,27-28H,1-4H3;/q-3;. The molecule has 0 N–H and O–H groups in total. The molecule has 50 heavy (non-hydrogen) atoms. The molecule has 0 aliphatic carbocycles. The van der Waals surface area contributed by atoms with E-state index in [-0.39, 0.29) is 21.1 Å². The van der Waals surface area contributed by atoms with Gasteiger partial charge in [-0.3, -0.25) is 4.68 Å². The van der Waals surface area contributed by atoms with Gasteiger partial charge in [0.15, 0.2) is 0 Å². The van der Waals surface area contributed by atoms with Gasteiger partial charge in [0, 0.05) is 55.3 Å². The third-order valence-corrected chi connectivity index (χ3v) is 9.60. The van der Waals surface area contributed by atoms with Gasteiger partial charge in [-0.25, -0.2) is 0 Å². The van der Waals surface area contributed by atoms with Crippen molar-refractivity contribution < 1.29 is 21.1 Å². The second kappa shape index (κ2) is 12.5. The molecule has 0 unspecified atom stereocenters. The molecule has 1 aliphatic rings. The molecule has 5 nitrogen and oxygen atoms in total. The Morgan fingerprint density at radius 1 is 0.640 bits per heavy atom. The van der Waals surface area contributed by atoms with Gasteiger partial charge in [-0.15, -0.1) is 41.4 Å². The average molecular weight is 828 g/mol. The van der Waals surface area contributed by atoms with E-state index in [1.807, 2.05) is 10.7 Å². The number of anilines is 3. The van der Waals surface area contributed by atoms with Gasteiger partial charge in [0.1, 0.15) is 5.69 Å². The summed E-state index contributed by atoms with van der Waals surface area (Å²) in [6.07, 6.45) is 2.17. The zero-order valence-corrected chi connectivity index (χ0v) is 30.5. The fourth-order valence-electron chi connectivity index (χ4n) is 7.53. The zero-order chi connectivity index (χ0) is 33.2. The van der Waals surface area contributed by atoms with Crippen LogP contribution >= 0.6 is 0 Å². The van der Waals surface area contributed by atoms with Crippen LogP contribution in [-0.2, 0) is 21.1 Å². The van der Waals surface area contributed by atoms with Crippen molar-refractivity contribution in [2.24, 2.45) is 0 Å². The molecule has 1 aliphatic heterocycles. The summed E-state index contributed by atoms with van der Waals surface area (Å²) in [5, 5.41) is 7.55. The van der Waals surface area contributed by atoms with E-state index in [4.69, 9.17) is 5.10 Å². The van der Waals surface area contributed by atoms with E-state index < -0.39 is 0 Å². The molecule has 6 heteroatoms. The van der Waals surface area contributed by atoms with E-state index in [0.29, 0.717) is 0 Å². The number of rotatable bonds is 5. The smallest absolute Gasteiger partial charge is 0.100 e. The summed E-state index contributed by atoms with van der Waals surface area (Å²) < 4.78 is 4.27. The van der Waals surface area contributed by atoms with E-state index >= 15 is 0 Å². The Balaban J connectivity index is 0.00000361. The van der Waals surface area contributed by atoms with Crippen LogP contribution < -0.4 is 9.80 Å². The molecule has 0 spiro atoms. The number of nitrogens with zero attached hydrogens (tertiary/aromatic N) is 5. The van der Waals surface area contributed by atoms with Crippen LogP contribution in [0.3, 0.4) is 0 Å². The number of hydrogen-bond acceptors (Lipinski definition) is 3. The first kappa shape index (κ1) is 31.9. The molecular formula is C44H34N5Pt-3. The predicted octanol–water partition coefficient (Wildman–Crippen LogP) is 10.5. The summed E-state index contributed by atoms with van der Waals surface area (Å²) in [6.45, 7) is 8.66. The van der Waals surface area contributed by atoms with Gasteiger partial charge in [-0.1, -0.05) is 89.6 Å². The monoisotopic (exact) mass is 827 g/mol. The molecule has 0 fully saturated rings. The molecule has 2 aromatic heterocycles. The van der Waals surface area contributed by atoms with Gasteiger partial charge in [0.05, 0.1) is 0 Å². The van der Waals surface area contributed by atoms with Crippen LogP contribution in [0.4, 0.5) is 17.1 Å². The quantitative estimate of drug-likeness (QED) is 0.162. The van der Waals surface area contributed by atoms with Gasteiger partial charge >= 0.3 is 0 Å². The van der Waals surface area contributed by atoms with Gasteiger partial charge < -0.3 is 14.4 Å². The number of fused-ring (bicyclic) bond motifs is 4. The Morgan fingerprint density at radius 2 is 1.34 bits per heavy atom. The summed E-state index contributed by atoms with van der Waals surface area (Å²) in [5.41, 5.74) is 15.3. The number of aryl methyl sites for hydroxylation is 3. The summed E-state index contributed by atoms with van der Waals surface area (Å²) in [4.78, 5) is 4.35. The van der Waals surface area contributed by atoms with Gasteiger partial charge in [-0.05, 0) is 73.8 Å². The molecule has 8 aromatic rings. The Bertz CT molecular complexity index is 2520. The second-order valence-corrected chi connectivity index (χ2v) is 12.9. The van der Waals surface area contributed by atoms with Gasteiger partial charge in [0.2, 0.25) is 0 Å². The topological polar surface area (TPSA) is 29.2 Å². The molecule has 0 radical (unpaired) electrons. The zero-order valence-electron chi connectivity index (χ0n) is 28.3. The van der Waals surface area contributed by atoms with Crippen molar-refractivity contribution in [3.05, 3.63) is 163 Å². The average Bonchev–Trinajstić information content (AvgIpc) is 3.80. The van der Waals surface area contributed by atoms with Crippen LogP contribution in [0.15, 0.2) is 128 Å². The molecule has 0 atom stereocenters. The summed E-state index contributed by atoms with van der Waals surface area (Å²) in [5.74, 6) is 0. The first-order chi connectivity index (χ1) is 23.9. The molecule has 0 amide bonds. The molecule has 6 aromatic carbocycles. The van der Waals surface area contributed by atoms with Crippen molar-refractivity contribution in [2.45, 2.75) is 20.8 Å². The predicted molar refractivity (Wildman–Crippen MR) is 202 cm³/mol. The molecule has 0 saturated heterocycles. The van der Waals surface area contributed by atoms with Crippen LogP contribution in [0.2, 0.25) is 0 Å². The molecule has 0 bridgehead atoms. The largest absolute Gasteiger partial charge is 0.504 e. The first-order valence-corrected chi connectivity index (χ1v) is 16.6. The van der Waals surface area contributed by atoms with Gasteiger partial charge in [0.25, 0.3) is 0 Å². The number of aromatic nitrogens is 3. The molecule has 3 heterocycles. The van der Waals surface area contributed by atoms with Crippen molar-refractivity contribution in [3.63, 3.8) is 0 Å². The fraction of sp³-hybridized carbons (Fsp3) is 0.0909. The summed E-state index contributed by atoms with van der Waals surface area (Å²) in [7, 11) is 2.08. The molecule has 9 rings (SSSR count). The molecule has 0 saturated carbocycles. The van der Waals surface area contributed by atoms with E-state index in [1.165, 1.54) is 33.3 Å². The Kier molecular flexibility index (Phi) is 7.96. The van der Waals surface area contributed by atoms with Crippen molar-refractivity contribution in [1.82, 2.24) is 14.3 Å². The maximum atomic E-state index is 5.24. The third kappa shape index (κ3) is 5.16. The number of benzene rings is 6. The SMILES string of the molecule is Cc1cc(C)c(-c2cn(-c3[c-]c4c(cc3)c3ccccc3n4-c3[c-]c(N4[CH-]N(C)c5ccccc54)ccc3)nc2-c2ccccc2)c(C)c1.[Pt]. The van der Waals surface area contributed by atoms with Crippen molar-refractivity contribution in [2.75, 3.05) is 16.8 Å². The second-order valence-electron chi connectivity index (χ2n) is 12.9.